The fraction of sp³-hybridized carbons (Fsp3) is 0.156. The predicted octanol–water partition coefficient (Wildman–Crippen LogP) is 6.53. The van der Waals surface area contributed by atoms with Crippen molar-refractivity contribution >= 4 is 16.8 Å². The molecule has 0 bridgehead atoms. The Morgan fingerprint density at radius 3 is 2.36 bits per heavy atom. The van der Waals surface area contributed by atoms with E-state index in [4.69, 9.17) is 19.6 Å². The summed E-state index contributed by atoms with van der Waals surface area (Å²) in [5.41, 5.74) is 8.91. The van der Waals surface area contributed by atoms with Gasteiger partial charge in [-0.25, -0.2) is 4.68 Å². The number of benzene rings is 2. The van der Waals surface area contributed by atoms with Crippen LogP contribution >= 0.6 is 0 Å². The number of rotatable bonds is 7. The van der Waals surface area contributed by atoms with Gasteiger partial charge in [-0.3, -0.25) is 14.8 Å². The van der Waals surface area contributed by atoms with Crippen molar-refractivity contribution in [1.29, 1.82) is 0 Å². The van der Waals surface area contributed by atoms with Crippen LogP contribution in [0.3, 0.4) is 0 Å². The molecule has 1 unspecified atom stereocenters. The van der Waals surface area contributed by atoms with E-state index in [2.05, 4.69) is 23.4 Å². The average molecular weight is 514 g/mol. The Morgan fingerprint density at radius 2 is 1.69 bits per heavy atom. The Morgan fingerprint density at radius 1 is 0.923 bits per heavy atom. The quantitative estimate of drug-likeness (QED) is 0.241. The molecule has 4 heterocycles. The SMILES string of the molecule is CC(=O)Cc1ccc(-c2nn(C(c3ccccc3)c3ccccn3)c3cc(-c4c(C)noc4C)cnc23)cc1. The molecule has 0 aliphatic rings. The molecule has 6 rings (SSSR count). The lowest BCUT2D eigenvalue weighted by Gasteiger charge is -2.19. The zero-order valence-corrected chi connectivity index (χ0v) is 22.0. The summed E-state index contributed by atoms with van der Waals surface area (Å²) in [6.07, 6.45) is 4.07. The molecular formula is C32H27N5O2. The van der Waals surface area contributed by atoms with Crippen LogP contribution in [0, 0.1) is 13.8 Å². The van der Waals surface area contributed by atoms with Crippen LogP contribution < -0.4 is 0 Å². The van der Waals surface area contributed by atoms with Crippen molar-refractivity contribution in [1.82, 2.24) is 24.9 Å². The second-order valence-electron chi connectivity index (χ2n) is 9.73. The normalized spacial score (nSPS) is 12.1. The Hall–Kier alpha value is -4.91. The van der Waals surface area contributed by atoms with Crippen LogP contribution in [0.25, 0.3) is 33.4 Å². The Balaban J connectivity index is 1.60. The van der Waals surface area contributed by atoms with Crippen molar-refractivity contribution in [2.24, 2.45) is 0 Å². The van der Waals surface area contributed by atoms with Gasteiger partial charge in [0.25, 0.3) is 0 Å². The van der Waals surface area contributed by atoms with Gasteiger partial charge < -0.3 is 4.52 Å². The molecule has 0 saturated carbocycles. The minimum Gasteiger partial charge on any atom is -0.361 e. The lowest BCUT2D eigenvalue weighted by molar-refractivity contribution is -0.116. The first-order valence-corrected chi connectivity index (χ1v) is 12.9. The highest BCUT2D eigenvalue weighted by atomic mass is 16.5. The summed E-state index contributed by atoms with van der Waals surface area (Å²) in [4.78, 5) is 21.3. The maximum atomic E-state index is 11.6. The molecule has 7 heteroatoms. The highest BCUT2D eigenvalue weighted by Crippen LogP contribution is 2.36. The first-order valence-electron chi connectivity index (χ1n) is 12.9. The highest BCUT2D eigenvalue weighted by molar-refractivity contribution is 5.93. The van der Waals surface area contributed by atoms with E-state index in [1.807, 2.05) is 85.4 Å². The molecule has 7 nitrogen and oxygen atoms in total. The molecule has 0 radical (unpaired) electrons. The van der Waals surface area contributed by atoms with Crippen LogP contribution in [-0.4, -0.2) is 30.7 Å². The topological polar surface area (TPSA) is 86.7 Å². The molecule has 4 aromatic heterocycles. The van der Waals surface area contributed by atoms with E-state index in [-0.39, 0.29) is 11.8 Å². The molecule has 2 aromatic carbocycles. The standard InChI is InChI=1S/C32H27N5O2/c1-20(38)17-23-12-14-24(15-13-23)30-31-28(18-26(19-34-31)29-21(2)36-39-22(29)3)37(35-30)32(25-9-5-4-6-10-25)27-11-7-8-16-33-27/h4-16,18-19,32H,17H2,1-3H3. The van der Waals surface area contributed by atoms with Crippen LogP contribution in [0.4, 0.5) is 0 Å². The Labute approximate surface area is 226 Å². The monoisotopic (exact) mass is 513 g/mol. The molecule has 0 fully saturated rings. The smallest absolute Gasteiger partial charge is 0.141 e. The zero-order chi connectivity index (χ0) is 26.9. The van der Waals surface area contributed by atoms with Gasteiger partial charge in [0.05, 0.1) is 16.9 Å². The molecule has 0 amide bonds. The molecule has 39 heavy (non-hydrogen) atoms. The van der Waals surface area contributed by atoms with Crippen LogP contribution in [-0.2, 0) is 11.2 Å². The third-order valence-electron chi connectivity index (χ3n) is 6.88. The van der Waals surface area contributed by atoms with Crippen molar-refractivity contribution in [2.45, 2.75) is 33.2 Å². The van der Waals surface area contributed by atoms with Gasteiger partial charge in [-0.05, 0) is 50.1 Å². The number of carbonyl (C=O) groups excluding carboxylic acids is 1. The maximum Gasteiger partial charge on any atom is 0.141 e. The highest BCUT2D eigenvalue weighted by Gasteiger charge is 2.25. The number of hydrogen-bond donors (Lipinski definition) is 0. The molecule has 0 aliphatic carbocycles. The van der Waals surface area contributed by atoms with Gasteiger partial charge in [0.1, 0.15) is 28.8 Å². The zero-order valence-electron chi connectivity index (χ0n) is 22.0. The number of aromatic nitrogens is 5. The molecule has 0 saturated heterocycles. The first-order chi connectivity index (χ1) is 19.0. The van der Waals surface area contributed by atoms with Gasteiger partial charge in [-0.2, -0.15) is 5.10 Å². The number of fused-ring (bicyclic) bond motifs is 1. The number of pyridine rings is 2. The van der Waals surface area contributed by atoms with Gasteiger partial charge >= 0.3 is 0 Å². The van der Waals surface area contributed by atoms with Gasteiger partial charge in [0.15, 0.2) is 0 Å². The van der Waals surface area contributed by atoms with Gasteiger partial charge in [-0.15, -0.1) is 0 Å². The summed E-state index contributed by atoms with van der Waals surface area (Å²) >= 11 is 0. The summed E-state index contributed by atoms with van der Waals surface area (Å²) in [5.74, 6) is 0.873. The van der Waals surface area contributed by atoms with Crippen LogP contribution in [0.15, 0.2) is 95.8 Å². The average Bonchev–Trinajstić information content (AvgIpc) is 3.49. The Bertz CT molecular complexity index is 1710. The van der Waals surface area contributed by atoms with E-state index in [0.717, 1.165) is 61.7 Å². The van der Waals surface area contributed by atoms with E-state index in [1.54, 1.807) is 13.1 Å². The summed E-state index contributed by atoms with van der Waals surface area (Å²) in [6.45, 7) is 5.44. The molecule has 0 N–H and O–H groups in total. The summed E-state index contributed by atoms with van der Waals surface area (Å²) in [5, 5.41) is 9.33. The number of aryl methyl sites for hydroxylation is 2. The number of nitrogens with zero attached hydrogens (tertiary/aromatic N) is 5. The molecule has 0 spiro atoms. The molecule has 0 aliphatic heterocycles. The summed E-state index contributed by atoms with van der Waals surface area (Å²) in [6, 6.07) is 26.0. The van der Waals surface area contributed by atoms with Gasteiger partial charge in [-0.1, -0.05) is 65.8 Å². The fourth-order valence-electron chi connectivity index (χ4n) is 5.12. The first kappa shape index (κ1) is 24.4. The van der Waals surface area contributed by atoms with Crippen molar-refractivity contribution in [3.63, 3.8) is 0 Å². The molecular weight excluding hydrogens is 486 g/mol. The van der Waals surface area contributed by atoms with Crippen LogP contribution in [0.5, 0.6) is 0 Å². The third-order valence-corrected chi connectivity index (χ3v) is 6.88. The minimum absolute atomic E-state index is 0.132. The van der Waals surface area contributed by atoms with E-state index in [0.29, 0.717) is 6.42 Å². The number of carbonyl (C=O) groups is 1. The second kappa shape index (κ2) is 10.1. The van der Waals surface area contributed by atoms with E-state index in [9.17, 15) is 4.79 Å². The molecule has 6 aromatic rings. The lowest BCUT2D eigenvalue weighted by Crippen LogP contribution is -2.15. The van der Waals surface area contributed by atoms with Crippen LogP contribution in [0.1, 0.15) is 41.2 Å². The second-order valence-corrected chi connectivity index (χ2v) is 9.73. The molecule has 1 atom stereocenters. The number of hydrogen-bond acceptors (Lipinski definition) is 6. The van der Waals surface area contributed by atoms with Gasteiger partial charge in [0.2, 0.25) is 0 Å². The van der Waals surface area contributed by atoms with Crippen molar-refractivity contribution in [3.05, 3.63) is 120 Å². The van der Waals surface area contributed by atoms with Crippen molar-refractivity contribution < 1.29 is 9.32 Å². The van der Waals surface area contributed by atoms with Crippen LogP contribution in [0.2, 0.25) is 0 Å². The van der Waals surface area contributed by atoms with Crippen molar-refractivity contribution in [3.8, 4) is 22.4 Å². The third kappa shape index (κ3) is 4.63. The van der Waals surface area contributed by atoms with E-state index < -0.39 is 0 Å². The predicted molar refractivity (Wildman–Crippen MR) is 150 cm³/mol. The number of ketones is 1. The maximum absolute atomic E-state index is 11.6. The lowest BCUT2D eigenvalue weighted by atomic mass is 10.0. The van der Waals surface area contributed by atoms with E-state index >= 15 is 0 Å². The summed E-state index contributed by atoms with van der Waals surface area (Å²) < 4.78 is 7.47. The van der Waals surface area contributed by atoms with Crippen molar-refractivity contribution in [2.75, 3.05) is 0 Å². The van der Waals surface area contributed by atoms with Gasteiger partial charge in [0, 0.05) is 35.5 Å². The van der Waals surface area contributed by atoms with E-state index in [1.165, 1.54) is 0 Å². The largest absolute Gasteiger partial charge is 0.361 e. The minimum atomic E-state index is -0.276. The fourth-order valence-corrected chi connectivity index (χ4v) is 5.12. The molecule has 192 valence electrons. The Kier molecular flexibility index (Phi) is 6.32. The number of Topliss-reactive ketones (excluding diaryl/α,β-unsaturated/α-hetero) is 1. The summed E-state index contributed by atoms with van der Waals surface area (Å²) in [7, 11) is 0.